The van der Waals surface area contributed by atoms with Gasteiger partial charge in [0.1, 0.15) is 0 Å². The van der Waals surface area contributed by atoms with Crippen molar-refractivity contribution in [3.8, 4) is 12.3 Å². The van der Waals surface area contributed by atoms with Crippen LogP contribution in [0.1, 0.15) is 24.3 Å². The molecule has 16 heavy (non-hydrogen) atoms. The number of hydrogen-bond acceptors (Lipinski definition) is 5. The van der Waals surface area contributed by atoms with Crippen molar-refractivity contribution < 1.29 is 9.53 Å². The van der Waals surface area contributed by atoms with E-state index in [1.807, 2.05) is 11.8 Å². The Morgan fingerprint density at radius 2 is 2.44 bits per heavy atom. The van der Waals surface area contributed by atoms with Gasteiger partial charge in [-0.25, -0.2) is 9.78 Å². The van der Waals surface area contributed by atoms with Crippen LogP contribution >= 0.6 is 11.3 Å². The van der Waals surface area contributed by atoms with E-state index in [2.05, 4.69) is 10.9 Å². The lowest BCUT2D eigenvalue weighted by Gasteiger charge is -2.15. The molecule has 0 spiro atoms. The molecular formula is C11H14N2O2S. The molecule has 1 heterocycles. The van der Waals surface area contributed by atoms with E-state index in [0.29, 0.717) is 18.8 Å². The minimum absolute atomic E-state index is 0.345. The van der Waals surface area contributed by atoms with Gasteiger partial charge in [-0.2, -0.15) is 0 Å². The summed E-state index contributed by atoms with van der Waals surface area (Å²) < 4.78 is 4.86. The standard InChI is InChI=1S/C11H14N2O2S/c1-4-7-13(5-2)11-12-9(8-16-11)10(14)15-6-3/h1,8H,5-7H2,2-3H3. The van der Waals surface area contributed by atoms with Crippen molar-refractivity contribution in [1.29, 1.82) is 0 Å². The first-order chi connectivity index (χ1) is 7.72. The van der Waals surface area contributed by atoms with Crippen LogP contribution in [0.25, 0.3) is 0 Å². The third-order valence-electron chi connectivity index (χ3n) is 1.91. The van der Waals surface area contributed by atoms with Crippen LogP contribution in [0.15, 0.2) is 5.38 Å². The quantitative estimate of drug-likeness (QED) is 0.579. The molecule has 0 bridgehead atoms. The molecule has 0 aliphatic rings. The molecule has 86 valence electrons. The van der Waals surface area contributed by atoms with E-state index in [9.17, 15) is 4.79 Å². The van der Waals surface area contributed by atoms with Crippen LogP contribution in [0, 0.1) is 12.3 Å². The second-order valence-electron chi connectivity index (χ2n) is 2.95. The van der Waals surface area contributed by atoms with Gasteiger partial charge < -0.3 is 9.64 Å². The van der Waals surface area contributed by atoms with Gasteiger partial charge in [0.2, 0.25) is 0 Å². The highest BCUT2D eigenvalue weighted by Crippen LogP contribution is 2.20. The number of carbonyl (C=O) groups excluding carboxylic acids is 1. The Balaban J connectivity index is 2.77. The number of nitrogens with zero attached hydrogens (tertiary/aromatic N) is 2. The van der Waals surface area contributed by atoms with Crippen molar-refractivity contribution in [3.05, 3.63) is 11.1 Å². The summed E-state index contributed by atoms with van der Waals surface area (Å²) in [4.78, 5) is 17.5. The fourth-order valence-corrected chi connectivity index (χ4v) is 1.99. The highest BCUT2D eigenvalue weighted by atomic mass is 32.1. The molecule has 5 heteroatoms. The zero-order chi connectivity index (χ0) is 12.0. The molecule has 0 radical (unpaired) electrons. The van der Waals surface area contributed by atoms with Crippen LogP contribution in [0.4, 0.5) is 5.13 Å². The van der Waals surface area contributed by atoms with E-state index < -0.39 is 0 Å². The topological polar surface area (TPSA) is 42.4 Å². The Labute approximate surface area is 99.2 Å². The smallest absolute Gasteiger partial charge is 0.357 e. The molecule has 0 aromatic carbocycles. The largest absolute Gasteiger partial charge is 0.461 e. The first-order valence-corrected chi connectivity index (χ1v) is 5.91. The van der Waals surface area contributed by atoms with Gasteiger partial charge in [-0.05, 0) is 13.8 Å². The van der Waals surface area contributed by atoms with Crippen LogP contribution in [-0.2, 0) is 4.74 Å². The van der Waals surface area contributed by atoms with Crippen molar-refractivity contribution in [2.75, 3.05) is 24.6 Å². The SMILES string of the molecule is C#CCN(CC)c1nc(C(=O)OCC)cs1. The zero-order valence-corrected chi connectivity index (χ0v) is 10.2. The van der Waals surface area contributed by atoms with E-state index in [1.54, 1.807) is 12.3 Å². The Kier molecular flexibility index (Phi) is 4.80. The number of hydrogen-bond donors (Lipinski definition) is 0. The van der Waals surface area contributed by atoms with Crippen molar-refractivity contribution in [2.45, 2.75) is 13.8 Å². The van der Waals surface area contributed by atoms with Gasteiger partial charge in [0.15, 0.2) is 10.8 Å². The lowest BCUT2D eigenvalue weighted by Crippen LogP contribution is -2.22. The number of anilines is 1. The van der Waals surface area contributed by atoms with E-state index in [0.717, 1.165) is 11.7 Å². The summed E-state index contributed by atoms with van der Waals surface area (Å²) in [6.45, 7) is 5.37. The van der Waals surface area contributed by atoms with E-state index in [-0.39, 0.29) is 5.97 Å². The Hall–Kier alpha value is -1.54. The van der Waals surface area contributed by atoms with E-state index in [4.69, 9.17) is 11.2 Å². The highest BCUT2D eigenvalue weighted by molar-refractivity contribution is 7.13. The molecule has 0 saturated carbocycles. The van der Waals surface area contributed by atoms with Crippen molar-refractivity contribution in [1.82, 2.24) is 4.98 Å². The molecule has 4 nitrogen and oxygen atoms in total. The van der Waals surface area contributed by atoms with Gasteiger partial charge in [0, 0.05) is 11.9 Å². The second kappa shape index (κ2) is 6.13. The molecule has 0 fully saturated rings. The third-order valence-corrected chi connectivity index (χ3v) is 2.81. The molecule has 1 aromatic rings. The average Bonchev–Trinajstić information content (AvgIpc) is 2.75. The molecule has 0 atom stereocenters. The number of rotatable bonds is 5. The fraction of sp³-hybridized carbons (Fsp3) is 0.455. The highest BCUT2D eigenvalue weighted by Gasteiger charge is 2.14. The number of esters is 1. The summed E-state index contributed by atoms with van der Waals surface area (Å²) in [7, 11) is 0. The van der Waals surface area contributed by atoms with Crippen LogP contribution in [0.2, 0.25) is 0 Å². The summed E-state index contributed by atoms with van der Waals surface area (Å²) in [6, 6.07) is 0. The number of ether oxygens (including phenoxy) is 1. The molecule has 0 saturated heterocycles. The monoisotopic (exact) mass is 238 g/mol. The summed E-state index contributed by atoms with van der Waals surface area (Å²) >= 11 is 1.39. The fourth-order valence-electron chi connectivity index (χ4n) is 1.13. The van der Waals surface area contributed by atoms with Crippen LogP contribution in [0.5, 0.6) is 0 Å². The molecule has 0 aliphatic carbocycles. The van der Waals surface area contributed by atoms with Crippen LogP contribution in [-0.4, -0.2) is 30.6 Å². The number of terminal acetylenes is 1. The Morgan fingerprint density at radius 1 is 1.69 bits per heavy atom. The normalized spacial score (nSPS) is 9.56. The van der Waals surface area contributed by atoms with Crippen molar-refractivity contribution in [3.63, 3.8) is 0 Å². The summed E-state index contributed by atoms with van der Waals surface area (Å²) in [5, 5.41) is 2.44. The lowest BCUT2D eigenvalue weighted by molar-refractivity contribution is 0.0520. The molecular weight excluding hydrogens is 224 g/mol. The van der Waals surface area contributed by atoms with Gasteiger partial charge in [-0.3, -0.25) is 0 Å². The Morgan fingerprint density at radius 3 is 3.00 bits per heavy atom. The van der Waals surface area contributed by atoms with Gasteiger partial charge in [0.05, 0.1) is 13.2 Å². The maximum atomic E-state index is 11.4. The summed E-state index contributed by atoms with van der Waals surface area (Å²) in [6.07, 6.45) is 5.25. The first kappa shape index (κ1) is 12.5. The van der Waals surface area contributed by atoms with Gasteiger partial charge in [-0.15, -0.1) is 17.8 Å². The average molecular weight is 238 g/mol. The van der Waals surface area contributed by atoms with Crippen molar-refractivity contribution in [2.24, 2.45) is 0 Å². The summed E-state index contributed by atoms with van der Waals surface area (Å²) in [5.41, 5.74) is 0.345. The zero-order valence-electron chi connectivity index (χ0n) is 9.40. The van der Waals surface area contributed by atoms with Gasteiger partial charge in [-0.1, -0.05) is 5.92 Å². The van der Waals surface area contributed by atoms with Crippen LogP contribution in [0.3, 0.4) is 0 Å². The lowest BCUT2D eigenvalue weighted by atomic mass is 10.5. The molecule has 1 rings (SSSR count). The third kappa shape index (κ3) is 2.97. The number of aromatic nitrogens is 1. The molecule has 0 amide bonds. The second-order valence-corrected chi connectivity index (χ2v) is 3.79. The number of carbonyl (C=O) groups is 1. The van der Waals surface area contributed by atoms with Gasteiger partial charge >= 0.3 is 5.97 Å². The number of thiazole rings is 1. The predicted molar refractivity (Wildman–Crippen MR) is 64.8 cm³/mol. The Bertz CT molecular complexity index is 395. The predicted octanol–water partition coefficient (Wildman–Crippen LogP) is 1.78. The minimum Gasteiger partial charge on any atom is -0.461 e. The molecule has 0 unspecified atom stereocenters. The maximum absolute atomic E-state index is 11.4. The summed E-state index contributed by atoms with van der Waals surface area (Å²) in [5.74, 6) is 2.17. The maximum Gasteiger partial charge on any atom is 0.357 e. The first-order valence-electron chi connectivity index (χ1n) is 5.04. The van der Waals surface area contributed by atoms with E-state index >= 15 is 0 Å². The van der Waals surface area contributed by atoms with E-state index in [1.165, 1.54) is 11.3 Å². The van der Waals surface area contributed by atoms with Gasteiger partial charge in [0.25, 0.3) is 0 Å². The van der Waals surface area contributed by atoms with Crippen LogP contribution < -0.4 is 4.90 Å². The minimum atomic E-state index is -0.387. The van der Waals surface area contributed by atoms with Crippen molar-refractivity contribution >= 4 is 22.4 Å². The molecule has 1 aromatic heterocycles. The molecule has 0 N–H and O–H groups in total. The molecule has 0 aliphatic heterocycles.